The van der Waals surface area contributed by atoms with Crippen molar-refractivity contribution in [1.29, 1.82) is 0 Å². The highest BCUT2D eigenvalue weighted by Gasteiger charge is 2.18. The van der Waals surface area contributed by atoms with Crippen LogP contribution in [0.2, 0.25) is 0 Å². The van der Waals surface area contributed by atoms with Crippen LogP contribution >= 0.6 is 15.9 Å². The molecule has 0 amide bonds. The molecule has 2 nitrogen and oxygen atoms in total. The highest BCUT2D eigenvalue weighted by molar-refractivity contribution is 9.10. The van der Waals surface area contributed by atoms with Crippen molar-refractivity contribution in [1.82, 2.24) is 4.90 Å². The second kappa shape index (κ2) is 7.28. The fourth-order valence-electron chi connectivity index (χ4n) is 2.55. The Morgan fingerprint density at radius 1 is 1.35 bits per heavy atom. The quantitative estimate of drug-likeness (QED) is 0.808. The minimum Gasteiger partial charge on any atom is -0.381 e. The molecular weight excluding hydrogens is 312 g/mol. The average molecular weight is 337 g/mol. The van der Waals surface area contributed by atoms with Gasteiger partial charge >= 0.3 is 0 Å². The number of hydrogen-bond donors (Lipinski definition) is 1. The summed E-state index contributed by atoms with van der Waals surface area (Å²) in [5.41, 5.74) is 3.93. The molecule has 0 aromatic heterocycles. The van der Waals surface area contributed by atoms with Crippen LogP contribution in [0.3, 0.4) is 0 Å². The summed E-state index contributed by atoms with van der Waals surface area (Å²) in [4.78, 5) is 2.54. The predicted octanol–water partition coefficient (Wildman–Crippen LogP) is 4.60. The van der Waals surface area contributed by atoms with E-state index in [2.05, 4.69) is 71.2 Å². The molecule has 1 aliphatic heterocycles. The second-order valence-corrected chi connectivity index (χ2v) is 6.73. The standard InChI is InChI=1S/C17H25BrN2/c1-13(2)7-10-20-11-8-15(9-12-20)19-16-6-4-5-14(3)17(16)18/h4-7,15,19H,8-12H2,1-3H3. The lowest BCUT2D eigenvalue weighted by Gasteiger charge is -2.32. The lowest BCUT2D eigenvalue weighted by atomic mass is 10.0. The van der Waals surface area contributed by atoms with Crippen molar-refractivity contribution in [2.75, 3.05) is 25.0 Å². The molecule has 1 saturated heterocycles. The largest absolute Gasteiger partial charge is 0.381 e. The molecule has 0 aliphatic carbocycles. The molecule has 3 heteroatoms. The van der Waals surface area contributed by atoms with Gasteiger partial charge in [-0.3, -0.25) is 4.90 Å². The first kappa shape index (κ1) is 15.6. The van der Waals surface area contributed by atoms with E-state index in [9.17, 15) is 0 Å². The summed E-state index contributed by atoms with van der Waals surface area (Å²) in [6.45, 7) is 9.95. The molecule has 1 aromatic rings. The number of rotatable bonds is 4. The number of nitrogens with one attached hydrogen (secondary N) is 1. The third-order valence-electron chi connectivity index (χ3n) is 3.90. The van der Waals surface area contributed by atoms with Crippen LogP contribution in [0, 0.1) is 6.92 Å². The van der Waals surface area contributed by atoms with E-state index in [0.717, 1.165) is 6.54 Å². The van der Waals surface area contributed by atoms with Crippen molar-refractivity contribution < 1.29 is 0 Å². The van der Waals surface area contributed by atoms with E-state index in [0.29, 0.717) is 6.04 Å². The summed E-state index contributed by atoms with van der Waals surface area (Å²) >= 11 is 3.68. The van der Waals surface area contributed by atoms with E-state index in [1.165, 1.54) is 47.2 Å². The number of piperidine rings is 1. The summed E-state index contributed by atoms with van der Waals surface area (Å²) in [6.07, 6.45) is 4.76. The van der Waals surface area contributed by atoms with Crippen molar-refractivity contribution in [3.63, 3.8) is 0 Å². The van der Waals surface area contributed by atoms with Crippen LogP contribution in [0.4, 0.5) is 5.69 Å². The molecule has 0 atom stereocenters. The van der Waals surface area contributed by atoms with E-state index in [1.807, 2.05) is 0 Å². The van der Waals surface area contributed by atoms with E-state index in [-0.39, 0.29) is 0 Å². The molecule has 2 rings (SSSR count). The molecule has 110 valence electrons. The van der Waals surface area contributed by atoms with Gasteiger partial charge in [0.05, 0.1) is 0 Å². The lowest BCUT2D eigenvalue weighted by molar-refractivity contribution is 0.240. The van der Waals surface area contributed by atoms with Gasteiger partial charge in [-0.15, -0.1) is 0 Å². The lowest BCUT2D eigenvalue weighted by Crippen LogP contribution is -2.39. The van der Waals surface area contributed by atoms with Gasteiger partial charge in [0.1, 0.15) is 0 Å². The normalized spacial score (nSPS) is 17.0. The average Bonchev–Trinajstić information content (AvgIpc) is 2.43. The first-order chi connectivity index (χ1) is 9.56. The Morgan fingerprint density at radius 3 is 2.70 bits per heavy atom. The first-order valence-electron chi connectivity index (χ1n) is 7.43. The van der Waals surface area contributed by atoms with Crippen LogP contribution in [0.25, 0.3) is 0 Å². The number of anilines is 1. The SMILES string of the molecule is CC(C)=CCN1CCC(Nc2cccc(C)c2Br)CC1. The number of allylic oxidation sites excluding steroid dienone is 1. The number of halogens is 1. The van der Waals surface area contributed by atoms with Crippen LogP contribution in [0.1, 0.15) is 32.3 Å². The molecule has 1 aliphatic rings. The number of nitrogens with zero attached hydrogens (tertiary/aromatic N) is 1. The van der Waals surface area contributed by atoms with Crippen molar-refractivity contribution in [2.45, 2.75) is 39.7 Å². The Labute approximate surface area is 131 Å². The van der Waals surface area contributed by atoms with Crippen LogP contribution in [0.15, 0.2) is 34.3 Å². The van der Waals surface area contributed by atoms with Crippen LogP contribution in [0.5, 0.6) is 0 Å². The molecular formula is C17H25BrN2. The maximum atomic E-state index is 3.69. The molecule has 1 fully saturated rings. The van der Waals surface area contributed by atoms with Crippen LogP contribution in [-0.4, -0.2) is 30.6 Å². The molecule has 0 bridgehead atoms. The first-order valence-corrected chi connectivity index (χ1v) is 8.23. The van der Waals surface area contributed by atoms with Crippen LogP contribution in [-0.2, 0) is 0 Å². The monoisotopic (exact) mass is 336 g/mol. The third kappa shape index (κ3) is 4.35. The van der Waals surface area contributed by atoms with Gasteiger partial charge in [-0.25, -0.2) is 0 Å². The number of hydrogen-bond acceptors (Lipinski definition) is 2. The highest BCUT2D eigenvalue weighted by Crippen LogP contribution is 2.27. The fourth-order valence-corrected chi connectivity index (χ4v) is 2.93. The summed E-state index contributed by atoms with van der Waals surface area (Å²) < 4.78 is 1.20. The van der Waals surface area contributed by atoms with Crippen molar-refractivity contribution >= 4 is 21.6 Å². The molecule has 0 radical (unpaired) electrons. The van der Waals surface area contributed by atoms with Crippen LogP contribution < -0.4 is 5.32 Å². The Hall–Kier alpha value is -0.800. The Morgan fingerprint density at radius 2 is 2.05 bits per heavy atom. The highest BCUT2D eigenvalue weighted by atomic mass is 79.9. The summed E-state index contributed by atoms with van der Waals surface area (Å²) in [5.74, 6) is 0. The summed E-state index contributed by atoms with van der Waals surface area (Å²) in [5, 5.41) is 3.69. The number of likely N-dealkylation sites (tertiary alicyclic amines) is 1. The van der Waals surface area contributed by atoms with Gasteiger partial charge in [-0.2, -0.15) is 0 Å². The summed E-state index contributed by atoms with van der Waals surface area (Å²) in [6, 6.07) is 7.01. The Balaban J connectivity index is 1.85. The number of aryl methyl sites for hydroxylation is 1. The molecule has 20 heavy (non-hydrogen) atoms. The zero-order chi connectivity index (χ0) is 14.5. The summed E-state index contributed by atoms with van der Waals surface area (Å²) in [7, 11) is 0. The van der Waals surface area contributed by atoms with Crippen molar-refractivity contribution in [3.8, 4) is 0 Å². The number of benzene rings is 1. The van der Waals surface area contributed by atoms with Gasteiger partial charge in [0, 0.05) is 35.8 Å². The van der Waals surface area contributed by atoms with E-state index >= 15 is 0 Å². The van der Waals surface area contributed by atoms with Crippen molar-refractivity contribution in [2.24, 2.45) is 0 Å². The second-order valence-electron chi connectivity index (χ2n) is 5.94. The fraction of sp³-hybridized carbons (Fsp3) is 0.529. The van der Waals surface area contributed by atoms with Gasteiger partial charge < -0.3 is 5.32 Å². The maximum Gasteiger partial charge on any atom is 0.0489 e. The van der Waals surface area contributed by atoms with Gasteiger partial charge in [0.25, 0.3) is 0 Å². The van der Waals surface area contributed by atoms with Crippen molar-refractivity contribution in [3.05, 3.63) is 39.9 Å². The molecule has 0 saturated carbocycles. The van der Waals surface area contributed by atoms with Gasteiger partial charge in [0.2, 0.25) is 0 Å². The minimum atomic E-state index is 0.594. The smallest absolute Gasteiger partial charge is 0.0489 e. The topological polar surface area (TPSA) is 15.3 Å². The minimum absolute atomic E-state index is 0.594. The zero-order valence-corrected chi connectivity index (χ0v) is 14.3. The third-order valence-corrected chi connectivity index (χ3v) is 4.95. The zero-order valence-electron chi connectivity index (χ0n) is 12.7. The Bertz CT molecular complexity index is 470. The van der Waals surface area contributed by atoms with E-state index in [1.54, 1.807) is 0 Å². The van der Waals surface area contributed by atoms with E-state index < -0.39 is 0 Å². The van der Waals surface area contributed by atoms with Gasteiger partial charge in [0.15, 0.2) is 0 Å². The maximum absolute atomic E-state index is 3.69. The molecule has 1 aromatic carbocycles. The van der Waals surface area contributed by atoms with Gasteiger partial charge in [-0.05, 0) is 61.2 Å². The molecule has 1 heterocycles. The molecule has 0 unspecified atom stereocenters. The predicted molar refractivity (Wildman–Crippen MR) is 91.4 cm³/mol. The molecule has 1 N–H and O–H groups in total. The van der Waals surface area contributed by atoms with E-state index in [4.69, 9.17) is 0 Å². The Kier molecular flexibility index (Phi) is 5.67. The molecule has 0 spiro atoms. The van der Waals surface area contributed by atoms with Gasteiger partial charge in [-0.1, -0.05) is 23.8 Å².